The largest absolute Gasteiger partial charge is 0.444 e. The van der Waals surface area contributed by atoms with Crippen LogP contribution in [0.4, 0.5) is 4.79 Å². The molecule has 1 aliphatic carbocycles. The predicted molar refractivity (Wildman–Crippen MR) is 56.2 cm³/mol. The molecule has 0 aliphatic heterocycles. The van der Waals surface area contributed by atoms with E-state index < -0.39 is 11.7 Å². The van der Waals surface area contributed by atoms with Gasteiger partial charge in [0.2, 0.25) is 0 Å². The quantitative estimate of drug-likeness (QED) is 0.517. The van der Waals surface area contributed by atoms with Gasteiger partial charge in [-0.3, -0.25) is 0 Å². The first-order valence-corrected chi connectivity index (χ1v) is 5.10. The van der Waals surface area contributed by atoms with Crippen LogP contribution in [0.15, 0.2) is 5.16 Å². The summed E-state index contributed by atoms with van der Waals surface area (Å²) < 4.78 is 5.12. The number of amides is 1. The lowest BCUT2D eigenvalue weighted by atomic mass is 10.2. The first-order chi connectivity index (χ1) is 6.90. The Balaban J connectivity index is 2.34. The lowest BCUT2D eigenvalue weighted by Gasteiger charge is -2.21. The highest BCUT2D eigenvalue weighted by molar-refractivity contribution is 5.87. The zero-order valence-electron chi connectivity index (χ0n) is 9.41. The van der Waals surface area contributed by atoms with Gasteiger partial charge in [0.05, 0.1) is 5.71 Å². The average molecular weight is 214 g/mol. The van der Waals surface area contributed by atoms with E-state index in [9.17, 15) is 4.79 Å². The Labute approximate surface area is 89.5 Å². The van der Waals surface area contributed by atoms with Crippen LogP contribution in [-0.2, 0) is 4.74 Å². The average Bonchev–Trinajstić information content (AvgIpc) is 2.48. The van der Waals surface area contributed by atoms with Gasteiger partial charge in [-0.15, -0.1) is 0 Å². The molecule has 0 aromatic heterocycles. The molecule has 5 nitrogen and oxygen atoms in total. The Morgan fingerprint density at radius 1 is 1.60 bits per heavy atom. The number of carbonyl (C=O) groups excluding carboxylic acids is 1. The Bertz CT molecular complexity index is 268. The van der Waals surface area contributed by atoms with Crippen LogP contribution in [0.2, 0.25) is 0 Å². The van der Waals surface area contributed by atoms with Gasteiger partial charge in [-0.1, -0.05) is 5.16 Å². The number of hydrogen-bond donors (Lipinski definition) is 2. The van der Waals surface area contributed by atoms with Crippen molar-refractivity contribution in [2.45, 2.75) is 51.7 Å². The van der Waals surface area contributed by atoms with Gasteiger partial charge < -0.3 is 15.3 Å². The minimum Gasteiger partial charge on any atom is -0.444 e. The lowest BCUT2D eigenvalue weighted by Crippen LogP contribution is -2.37. The molecule has 0 aromatic rings. The molecule has 0 heterocycles. The highest BCUT2D eigenvalue weighted by Crippen LogP contribution is 2.16. The normalized spacial score (nSPS) is 24.2. The molecule has 0 bridgehead atoms. The minimum atomic E-state index is -0.476. The van der Waals surface area contributed by atoms with Crippen molar-refractivity contribution in [3.63, 3.8) is 0 Å². The molecule has 2 N–H and O–H groups in total. The molecule has 15 heavy (non-hydrogen) atoms. The van der Waals surface area contributed by atoms with E-state index >= 15 is 0 Å². The van der Waals surface area contributed by atoms with E-state index in [0.717, 1.165) is 18.6 Å². The number of hydrogen-bond acceptors (Lipinski definition) is 4. The van der Waals surface area contributed by atoms with Crippen molar-refractivity contribution in [2.75, 3.05) is 0 Å². The molecule has 1 aliphatic rings. The van der Waals surface area contributed by atoms with Crippen molar-refractivity contribution in [1.82, 2.24) is 5.32 Å². The van der Waals surface area contributed by atoms with Crippen molar-refractivity contribution in [3.8, 4) is 0 Å². The molecule has 1 fully saturated rings. The molecule has 0 radical (unpaired) electrons. The summed E-state index contributed by atoms with van der Waals surface area (Å²) in [6.45, 7) is 5.46. The summed E-state index contributed by atoms with van der Waals surface area (Å²) in [4.78, 5) is 11.4. The van der Waals surface area contributed by atoms with Crippen LogP contribution < -0.4 is 5.32 Å². The third-order valence-electron chi connectivity index (χ3n) is 2.13. The van der Waals surface area contributed by atoms with Gasteiger partial charge in [0.1, 0.15) is 5.60 Å². The number of nitrogens with one attached hydrogen (secondary N) is 1. The molecule has 1 rings (SSSR count). The van der Waals surface area contributed by atoms with Gasteiger partial charge in [-0.2, -0.15) is 0 Å². The van der Waals surface area contributed by atoms with Crippen LogP contribution in [0.5, 0.6) is 0 Å². The summed E-state index contributed by atoms with van der Waals surface area (Å²) in [5.74, 6) is 0. The lowest BCUT2D eigenvalue weighted by molar-refractivity contribution is 0.0506. The molecule has 5 heteroatoms. The molecule has 1 unspecified atom stereocenters. The van der Waals surface area contributed by atoms with Crippen molar-refractivity contribution in [3.05, 3.63) is 0 Å². The minimum absolute atomic E-state index is 0.0331. The van der Waals surface area contributed by atoms with E-state index in [0.29, 0.717) is 6.42 Å². The van der Waals surface area contributed by atoms with Crippen LogP contribution in [-0.4, -0.2) is 28.7 Å². The molecular formula is C10H18N2O3. The van der Waals surface area contributed by atoms with Crippen LogP contribution in [0.3, 0.4) is 0 Å². The molecule has 1 amide bonds. The highest BCUT2D eigenvalue weighted by atomic mass is 16.6. The summed E-state index contributed by atoms with van der Waals surface area (Å²) in [5.41, 5.74) is 0.257. The van der Waals surface area contributed by atoms with Crippen LogP contribution in [0.25, 0.3) is 0 Å². The van der Waals surface area contributed by atoms with Crippen LogP contribution in [0.1, 0.15) is 40.0 Å². The highest BCUT2D eigenvalue weighted by Gasteiger charge is 2.25. The fourth-order valence-corrected chi connectivity index (χ4v) is 1.52. The molecular weight excluding hydrogens is 196 g/mol. The van der Waals surface area contributed by atoms with Gasteiger partial charge in [0, 0.05) is 12.5 Å². The van der Waals surface area contributed by atoms with E-state index in [-0.39, 0.29) is 6.04 Å². The summed E-state index contributed by atoms with van der Waals surface area (Å²) in [6.07, 6.45) is 1.73. The second-order valence-electron chi connectivity index (χ2n) is 4.75. The molecule has 1 atom stereocenters. The van der Waals surface area contributed by atoms with Crippen molar-refractivity contribution >= 4 is 11.8 Å². The number of ether oxygens (including phenoxy) is 1. The first-order valence-electron chi connectivity index (χ1n) is 5.10. The zero-order chi connectivity index (χ0) is 11.5. The third-order valence-corrected chi connectivity index (χ3v) is 2.13. The number of nitrogens with zero attached hydrogens (tertiary/aromatic N) is 1. The Kier molecular flexibility index (Phi) is 3.55. The maximum absolute atomic E-state index is 11.4. The Morgan fingerprint density at radius 2 is 2.27 bits per heavy atom. The summed E-state index contributed by atoms with van der Waals surface area (Å²) in [5, 5.41) is 14.4. The fraction of sp³-hybridized carbons (Fsp3) is 0.800. The second kappa shape index (κ2) is 4.51. The number of carbonyl (C=O) groups is 1. The van der Waals surface area contributed by atoms with Crippen molar-refractivity contribution in [2.24, 2.45) is 5.16 Å². The van der Waals surface area contributed by atoms with Gasteiger partial charge in [0.15, 0.2) is 0 Å². The van der Waals surface area contributed by atoms with Crippen LogP contribution in [0, 0.1) is 0 Å². The van der Waals surface area contributed by atoms with Crippen LogP contribution >= 0.6 is 0 Å². The second-order valence-corrected chi connectivity index (χ2v) is 4.75. The van der Waals surface area contributed by atoms with Gasteiger partial charge in [-0.25, -0.2) is 4.79 Å². The smallest absolute Gasteiger partial charge is 0.407 e. The van der Waals surface area contributed by atoms with Gasteiger partial charge in [-0.05, 0) is 33.6 Å². The summed E-state index contributed by atoms with van der Waals surface area (Å²) in [7, 11) is 0. The van der Waals surface area contributed by atoms with Gasteiger partial charge >= 0.3 is 6.09 Å². The summed E-state index contributed by atoms with van der Waals surface area (Å²) in [6, 6.07) is 0.0331. The number of oxime groups is 1. The zero-order valence-corrected chi connectivity index (χ0v) is 9.41. The van der Waals surface area contributed by atoms with Gasteiger partial charge in [0.25, 0.3) is 0 Å². The monoisotopic (exact) mass is 214 g/mol. The first kappa shape index (κ1) is 11.8. The SMILES string of the molecule is CC(C)(C)OC(=O)NC1CC/C(=N/O)C1. The Morgan fingerprint density at radius 3 is 2.73 bits per heavy atom. The van der Waals surface area contributed by atoms with Crippen molar-refractivity contribution in [1.29, 1.82) is 0 Å². The van der Waals surface area contributed by atoms with E-state index in [1.165, 1.54) is 0 Å². The third kappa shape index (κ3) is 4.18. The maximum Gasteiger partial charge on any atom is 0.407 e. The van der Waals surface area contributed by atoms with Crippen molar-refractivity contribution < 1.29 is 14.7 Å². The molecule has 1 saturated carbocycles. The topological polar surface area (TPSA) is 70.9 Å². The molecule has 0 spiro atoms. The summed E-state index contributed by atoms with van der Waals surface area (Å²) >= 11 is 0. The molecule has 0 saturated heterocycles. The van der Waals surface area contributed by atoms with E-state index in [4.69, 9.17) is 9.94 Å². The molecule has 0 aromatic carbocycles. The maximum atomic E-state index is 11.4. The number of rotatable bonds is 1. The number of alkyl carbamates (subject to hydrolysis) is 1. The molecule has 86 valence electrons. The standard InChI is InChI=1S/C10H18N2O3/c1-10(2,3)15-9(13)11-7-4-5-8(6-7)12-14/h7,14H,4-6H2,1-3H3,(H,11,13)/b12-8-. The van der Waals surface area contributed by atoms with E-state index in [1.54, 1.807) is 0 Å². The predicted octanol–water partition coefficient (Wildman–Crippen LogP) is 1.89. The fourth-order valence-electron chi connectivity index (χ4n) is 1.52. The Hall–Kier alpha value is -1.26. The van der Waals surface area contributed by atoms with E-state index in [1.807, 2.05) is 20.8 Å². The van der Waals surface area contributed by atoms with E-state index in [2.05, 4.69) is 10.5 Å².